The van der Waals surface area contributed by atoms with Crippen LogP contribution in [0.4, 0.5) is 5.82 Å². The van der Waals surface area contributed by atoms with Crippen molar-refractivity contribution in [2.75, 3.05) is 18.9 Å². The standard InChI is InChI=1S/C16H11ClN6O.C5H10O2/c17-13-7-19-14(18)5-11(13)9-2-1-3-10(4-9)23-15-12(6-22-23)16(24)21-8-20-15;6-5-2-1-3-7-4-5/h1-8H,(H2,18,19)(H,20,21,24);5-6H,1-4H2. The first kappa shape index (κ1) is 21.0. The number of aromatic nitrogens is 5. The molecular formula is C21H21ClN6O3. The highest BCUT2D eigenvalue weighted by Gasteiger charge is 2.11. The van der Waals surface area contributed by atoms with Gasteiger partial charge < -0.3 is 20.6 Å². The zero-order valence-corrected chi connectivity index (χ0v) is 17.3. The molecule has 5 rings (SSSR count). The smallest absolute Gasteiger partial charge is 0.261 e. The van der Waals surface area contributed by atoms with Gasteiger partial charge >= 0.3 is 0 Å². The van der Waals surface area contributed by atoms with Crippen LogP contribution in [-0.2, 0) is 4.74 Å². The molecule has 1 aliphatic heterocycles. The van der Waals surface area contributed by atoms with Gasteiger partial charge in [0.15, 0.2) is 5.65 Å². The maximum Gasteiger partial charge on any atom is 0.261 e. The summed E-state index contributed by atoms with van der Waals surface area (Å²) < 4.78 is 6.54. The van der Waals surface area contributed by atoms with Crippen molar-refractivity contribution >= 4 is 28.5 Å². The molecule has 0 amide bonds. The number of pyridine rings is 1. The summed E-state index contributed by atoms with van der Waals surface area (Å²) in [7, 11) is 0. The molecule has 1 fully saturated rings. The normalized spacial score (nSPS) is 16.0. The zero-order valence-electron chi connectivity index (χ0n) is 16.5. The molecule has 0 saturated carbocycles. The number of aromatic amines is 1. The van der Waals surface area contributed by atoms with E-state index in [1.54, 1.807) is 10.7 Å². The van der Waals surface area contributed by atoms with Gasteiger partial charge in [0.2, 0.25) is 0 Å². The highest BCUT2D eigenvalue weighted by atomic mass is 35.5. The van der Waals surface area contributed by atoms with Crippen molar-refractivity contribution in [2.45, 2.75) is 18.9 Å². The molecule has 4 heterocycles. The van der Waals surface area contributed by atoms with Crippen LogP contribution >= 0.6 is 11.6 Å². The van der Waals surface area contributed by atoms with Crippen molar-refractivity contribution in [3.63, 3.8) is 0 Å². The number of benzene rings is 1. The van der Waals surface area contributed by atoms with Crippen molar-refractivity contribution in [3.8, 4) is 16.8 Å². The fourth-order valence-corrected chi connectivity index (χ4v) is 3.46. The zero-order chi connectivity index (χ0) is 21.8. The lowest BCUT2D eigenvalue weighted by Crippen LogP contribution is -2.21. The molecule has 1 saturated heterocycles. The number of aliphatic hydroxyl groups excluding tert-OH is 1. The molecule has 1 aliphatic rings. The maximum absolute atomic E-state index is 11.8. The number of rotatable bonds is 2. The number of nitrogens with one attached hydrogen (secondary N) is 1. The van der Waals surface area contributed by atoms with Gasteiger partial charge in [-0.25, -0.2) is 14.6 Å². The van der Waals surface area contributed by atoms with Gasteiger partial charge in [-0.15, -0.1) is 0 Å². The van der Waals surface area contributed by atoms with Gasteiger partial charge in [-0.1, -0.05) is 23.7 Å². The summed E-state index contributed by atoms with van der Waals surface area (Å²) in [4.78, 5) is 22.5. The lowest BCUT2D eigenvalue weighted by Gasteiger charge is -2.15. The Morgan fingerprint density at radius 3 is 2.87 bits per heavy atom. The number of anilines is 1. The number of hydrogen-bond donors (Lipinski definition) is 3. The van der Waals surface area contributed by atoms with E-state index in [9.17, 15) is 4.79 Å². The lowest BCUT2D eigenvalue weighted by molar-refractivity contribution is -0.00535. The van der Waals surface area contributed by atoms with Crippen LogP contribution in [0.3, 0.4) is 0 Å². The monoisotopic (exact) mass is 440 g/mol. The summed E-state index contributed by atoms with van der Waals surface area (Å²) in [5.41, 5.74) is 8.40. The third kappa shape index (κ3) is 4.74. The molecular weight excluding hydrogens is 420 g/mol. The molecule has 160 valence electrons. The Balaban J connectivity index is 0.000000282. The average Bonchev–Trinajstić information content (AvgIpc) is 3.22. The molecule has 0 bridgehead atoms. The Morgan fingerprint density at radius 2 is 2.13 bits per heavy atom. The summed E-state index contributed by atoms with van der Waals surface area (Å²) in [5.74, 6) is 0.387. The van der Waals surface area contributed by atoms with Gasteiger partial charge in [-0.05, 0) is 36.6 Å². The van der Waals surface area contributed by atoms with Crippen LogP contribution in [-0.4, -0.2) is 49.2 Å². The number of aliphatic hydroxyl groups is 1. The Morgan fingerprint density at radius 1 is 1.26 bits per heavy atom. The summed E-state index contributed by atoms with van der Waals surface area (Å²) in [6.45, 7) is 1.37. The third-order valence-corrected chi connectivity index (χ3v) is 5.09. The topological polar surface area (TPSA) is 132 Å². The minimum absolute atomic E-state index is 0.186. The fraction of sp³-hybridized carbons (Fsp3) is 0.238. The van der Waals surface area contributed by atoms with E-state index in [4.69, 9.17) is 27.2 Å². The van der Waals surface area contributed by atoms with E-state index in [-0.39, 0.29) is 11.7 Å². The minimum Gasteiger partial charge on any atom is -0.391 e. The van der Waals surface area contributed by atoms with Crippen LogP contribution in [0.25, 0.3) is 27.8 Å². The molecule has 31 heavy (non-hydrogen) atoms. The summed E-state index contributed by atoms with van der Waals surface area (Å²) in [6, 6.07) is 9.27. The van der Waals surface area contributed by atoms with Gasteiger partial charge in [-0.3, -0.25) is 4.79 Å². The first-order valence-electron chi connectivity index (χ1n) is 9.72. The van der Waals surface area contributed by atoms with Crippen LogP contribution in [0.5, 0.6) is 0 Å². The van der Waals surface area contributed by atoms with Gasteiger partial charge in [-0.2, -0.15) is 5.10 Å². The van der Waals surface area contributed by atoms with Gasteiger partial charge in [0.25, 0.3) is 5.56 Å². The SMILES string of the molecule is Nc1cc(-c2cccc(-n3ncc4c(=O)[nH]cnc43)c2)c(Cl)cn1.OC1CCCOC1. The predicted molar refractivity (Wildman–Crippen MR) is 118 cm³/mol. The molecule has 1 aromatic carbocycles. The number of nitrogen functional groups attached to an aromatic ring is 1. The van der Waals surface area contributed by atoms with E-state index in [2.05, 4.69) is 20.1 Å². The Hall–Kier alpha value is -3.27. The average molecular weight is 441 g/mol. The maximum atomic E-state index is 11.8. The van der Waals surface area contributed by atoms with E-state index >= 15 is 0 Å². The largest absolute Gasteiger partial charge is 0.391 e. The van der Waals surface area contributed by atoms with Crippen molar-refractivity contribution in [1.29, 1.82) is 0 Å². The number of hydrogen-bond acceptors (Lipinski definition) is 7. The van der Waals surface area contributed by atoms with E-state index in [0.717, 1.165) is 36.3 Å². The second-order valence-electron chi connectivity index (χ2n) is 7.04. The van der Waals surface area contributed by atoms with E-state index in [1.165, 1.54) is 18.7 Å². The summed E-state index contributed by atoms with van der Waals surface area (Å²) in [5, 5.41) is 14.0. The van der Waals surface area contributed by atoms with Crippen molar-refractivity contribution in [3.05, 3.63) is 64.4 Å². The van der Waals surface area contributed by atoms with E-state index in [0.29, 0.717) is 28.5 Å². The van der Waals surface area contributed by atoms with Gasteiger partial charge in [0.1, 0.15) is 11.2 Å². The van der Waals surface area contributed by atoms with Crippen LogP contribution < -0.4 is 11.3 Å². The molecule has 4 N–H and O–H groups in total. The van der Waals surface area contributed by atoms with Crippen LogP contribution in [0.1, 0.15) is 12.8 Å². The molecule has 10 heteroatoms. The Labute approximate surface area is 182 Å². The molecule has 0 spiro atoms. The number of nitrogens with zero attached hydrogens (tertiary/aromatic N) is 4. The van der Waals surface area contributed by atoms with Crippen molar-refractivity contribution < 1.29 is 9.84 Å². The highest BCUT2D eigenvalue weighted by Crippen LogP contribution is 2.30. The number of H-pyrrole nitrogens is 1. The lowest BCUT2D eigenvalue weighted by atomic mass is 10.1. The van der Waals surface area contributed by atoms with E-state index in [1.807, 2.05) is 24.3 Å². The van der Waals surface area contributed by atoms with Crippen LogP contribution in [0.15, 0.2) is 53.8 Å². The number of ether oxygens (including phenoxy) is 1. The van der Waals surface area contributed by atoms with Crippen molar-refractivity contribution in [1.82, 2.24) is 24.7 Å². The Bertz CT molecular complexity index is 1250. The van der Waals surface area contributed by atoms with E-state index < -0.39 is 0 Å². The van der Waals surface area contributed by atoms with Crippen LogP contribution in [0, 0.1) is 0 Å². The predicted octanol–water partition coefficient (Wildman–Crippen LogP) is 2.56. The molecule has 0 radical (unpaired) electrons. The molecule has 9 nitrogen and oxygen atoms in total. The van der Waals surface area contributed by atoms with Gasteiger partial charge in [0.05, 0.1) is 35.9 Å². The third-order valence-electron chi connectivity index (χ3n) is 4.79. The molecule has 1 unspecified atom stereocenters. The quantitative estimate of drug-likeness (QED) is 0.436. The number of fused-ring (bicyclic) bond motifs is 1. The minimum atomic E-state index is -0.229. The molecule has 4 aromatic rings. The first-order valence-corrected chi connectivity index (χ1v) is 10.1. The molecule has 0 aliphatic carbocycles. The molecule has 3 aromatic heterocycles. The highest BCUT2D eigenvalue weighted by molar-refractivity contribution is 6.33. The second kappa shape index (κ2) is 9.25. The summed E-state index contributed by atoms with van der Waals surface area (Å²) in [6.07, 6.45) is 6.11. The molecule has 1 atom stereocenters. The Kier molecular flexibility index (Phi) is 6.26. The summed E-state index contributed by atoms with van der Waals surface area (Å²) >= 11 is 6.23. The number of nitrogens with two attached hydrogens (primary N) is 1. The van der Waals surface area contributed by atoms with Crippen molar-refractivity contribution in [2.24, 2.45) is 0 Å². The van der Waals surface area contributed by atoms with Crippen LogP contribution in [0.2, 0.25) is 5.02 Å². The number of halogens is 1. The van der Waals surface area contributed by atoms with Gasteiger partial charge in [0, 0.05) is 18.4 Å². The fourth-order valence-electron chi connectivity index (χ4n) is 3.25. The first-order chi connectivity index (χ1) is 15.0. The second-order valence-corrected chi connectivity index (χ2v) is 7.44.